The molecule has 1 aromatic carbocycles. The molecule has 30 heavy (non-hydrogen) atoms. The van der Waals surface area contributed by atoms with E-state index in [-0.39, 0.29) is 23.4 Å². The van der Waals surface area contributed by atoms with Crippen molar-refractivity contribution in [3.8, 4) is 17.7 Å². The van der Waals surface area contributed by atoms with E-state index in [1.807, 2.05) is 20.8 Å². The first kappa shape index (κ1) is 20.7. The van der Waals surface area contributed by atoms with Crippen molar-refractivity contribution < 1.29 is 19.4 Å². The van der Waals surface area contributed by atoms with Crippen LogP contribution in [0.1, 0.15) is 49.2 Å². The minimum Gasteiger partial charge on any atom is -0.493 e. The lowest BCUT2D eigenvalue weighted by Crippen LogP contribution is -2.23. The fraction of sp³-hybridized carbons (Fsp3) is 0.227. The van der Waals surface area contributed by atoms with Crippen molar-refractivity contribution in [1.82, 2.24) is 15.0 Å². The summed E-state index contributed by atoms with van der Waals surface area (Å²) in [5.74, 6) is 4.85. The molecule has 1 amide bonds. The number of benzene rings is 1. The van der Waals surface area contributed by atoms with Gasteiger partial charge >= 0.3 is 5.97 Å². The van der Waals surface area contributed by atoms with Crippen molar-refractivity contribution in [1.29, 1.82) is 0 Å². The van der Waals surface area contributed by atoms with Gasteiger partial charge in [-0.3, -0.25) is 10.1 Å². The standard InChI is InChI=1S/C22H20N4O4/c1-13(27)24-21-25-18-17(19(28)26-21)11-15(12-23-18)6-5-14-7-9-16(10-8-14)20(29)30-22(2,3)4/h7-12H,1-4H3,(H2,23,24,25,26,27,28). The molecule has 0 fully saturated rings. The van der Waals surface area contributed by atoms with Gasteiger partial charge in [-0.25, -0.2) is 9.78 Å². The number of amides is 1. The minimum atomic E-state index is -0.559. The summed E-state index contributed by atoms with van der Waals surface area (Å²) in [6.07, 6.45) is 1.51. The van der Waals surface area contributed by atoms with E-state index in [0.717, 1.165) is 0 Å². The second-order valence-corrected chi connectivity index (χ2v) is 7.48. The molecule has 0 unspecified atom stereocenters. The Kier molecular flexibility index (Phi) is 5.65. The Balaban J connectivity index is 1.81. The minimum absolute atomic E-state index is 0.0242. The third-order valence-corrected chi connectivity index (χ3v) is 3.69. The number of hydrogen-bond acceptors (Lipinski definition) is 7. The van der Waals surface area contributed by atoms with Gasteiger partial charge in [0.15, 0.2) is 5.65 Å². The average molecular weight is 404 g/mol. The Labute approximate surface area is 173 Å². The number of pyridine rings is 1. The van der Waals surface area contributed by atoms with Crippen molar-refractivity contribution in [2.45, 2.75) is 33.3 Å². The number of aromatic nitrogens is 3. The molecule has 3 aromatic rings. The molecular formula is C22H20N4O4. The summed E-state index contributed by atoms with van der Waals surface area (Å²) < 4.78 is 5.33. The van der Waals surface area contributed by atoms with E-state index in [9.17, 15) is 14.7 Å². The fourth-order valence-electron chi connectivity index (χ4n) is 2.45. The van der Waals surface area contributed by atoms with E-state index < -0.39 is 11.6 Å². The summed E-state index contributed by atoms with van der Waals surface area (Å²) in [5, 5.41) is 12.8. The Bertz CT molecular complexity index is 1190. The topological polar surface area (TPSA) is 114 Å². The zero-order chi connectivity index (χ0) is 21.9. The first-order valence-electron chi connectivity index (χ1n) is 9.10. The van der Waals surface area contributed by atoms with Crippen LogP contribution < -0.4 is 5.32 Å². The molecule has 2 heterocycles. The number of ether oxygens (including phenoxy) is 1. The first-order valence-corrected chi connectivity index (χ1v) is 9.10. The largest absolute Gasteiger partial charge is 0.493 e. The lowest BCUT2D eigenvalue weighted by molar-refractivity contribution is -0.114. The summed E-state index contributed by atoms with van der Waals surface area (Å²) in [6.45, 7) is 6.75. The van der Waals surface area contributed by atoms with E-state index in [0.29, 0.717) is 22.1 Å². The molecule has 152 valence electrons. The number of esters is 1. The smallest absolute Gasteiger partial charge is 0.338 e. The Hall–Kier alpha value is -3.99. The van der Waals surface area contributed by atoms with Crippen molar-refractivity contribution in [2.75, 3.05) is 5.32 Å². The molecule has 2 aromatic heterocycles. The number of nitrogens with zero attached hydrogens (tertiary/aromatic N) is 3. The number of fused-ring (bicyclic) bond motifs is 1. The van der Waals surface area contributed by atoms with Crippen LogP contribution in [0.3, 0.4) is 0 Å². The first-order chi connectivity index (χ1) is 14.1. The maximum atomic E-state index is 12.1. The van der Waals surface area contributed by atoms with Gasteiger partial charge in [0.2, 0.25) is 17.7 Å². The highest BCUT2D eigenvalue weighted by atomic mass is 16.6. The predicted molar refractivity (Wildman–Crippen MR) is 111 cm³/mol. The third-order valence-electron chi connectivity index (χ3n) is 3.69. The van der Waals surface area contributed by atoms with E-state index >= 15 is 0 Å². The van der Waals surface area contributed by atoms with Crippen LogP contribution in [0.2, 0.25) is 0 Å². The lowest BCUT2D eigenvalue weighted by Gasteiger charge is -2.19. The quantitative estimate of drug-likeness (QED) is 0.498. The molecular weight excluding hydrogens is 384 g/mol. The van der Waals surface area contributed by atoms with Crippen molar-refractivity contribution in [3.05, 3.63) is 53.2 Å². The summed E-state index contributed by atoms with van der Waals surface area (Å²) >= 11 is 0. The lowest BCUT2D eigenvalue weighted by atomic mass is 10.1. The van der Waals surface area contributed by atoms with Crippen molar-refractivity contribution in [2.24, 2.45) is 0 Å². The van der Waals surface area contributed by atoms with Gasteiger partial charge < -0.3 is 9.84 Å². The number of hydrogen-bond donors (Lipinski definition) is 2. The summed E-state index contributed by atoms with van der Waals surface area (Å²) in [6, 6.07) is 8.36. The van der Waals surface area contributed by atoms with Crippen molar-refractivity contribution in [3.63, 3.8) is 0 Å². The normalized spacial score (nSPS) is 10.8. The van der Waals surface area contributed by atoms with Gasteiger partial charge in [0.05, 0.1) is 10.9 Å². The monoisotopic (exact) mass is 404 g/mol. The highest BCUT2D eigenvalue weighted by Gasteiger charge is 2.17. The maximum Gasteiger partial charge on any atom is 0.338 e. The highest BCUT2D eigenvalue weighted by molar-refractivity contribution is 5.90. The van der Waals surface area contributed by atoms with Crippen LogP contribution in [0.15, 0.2) is 36.5 Å². The zero-order valence-electron chi connectivity index (χ0n) is 17.0. The Morgan fingerprint density at radius 1 is 1.07 bits per heavy atom. The van der Waals surface area contributed by atoms with Crippen LogP contribution in [-0.2, 0) is 9.53 Å². The molecule has 8 nitrogen and oxygen atoms in total. The molecule has 0 saturated heterocycles. The third kappa shape index (κ3) is 5.29. The summed E-state index contributed by atoms with van der Waals surface area (Å²) in [4.78, 5) is 35.3. The Morgan fingerprint density at radius 2 is 1.73 bits per heavy atom. The number of nitrogens with one attached hydrogen (secondary N) is 1. The number of rotatable bonds is 2. The van der Waals surface area contributed by atoms with Gasteiger partial charge in [-0.15, -0.1) is 0 Å². The molecule has 0 aliphatic heterocycles. The molecule has 0 radical (unpaired) electrons. The van der Waals surface area contributed by atoms with Crippen LogP contribution >= 0.6 is 0 Å². The van der Waals surface area contributed by atoms with E-state index in [1.165, 1.54) is 13.1 Å². The van der Waals surface area contributed by atoms with Crippen LogP contribution in [0, 0.1) is 11.8 Å². The second kappa shape index (κ2) is 8.17. The van der Waals surface area contributed by atoms with Gasteiger partial charge in [0.1, 0.15) is 5.60 Å². The van der Waals surface area contributed by atoms with Crippen LogP contribution in [-0.4, -0.2) is 37.5 Å². The summed E-state index contributed by atoms with van der Waals surface area (Å²) in [7, 11) is 0. The molecule has 0 aliphatic carbocycles. The molecule has 0 atom stereocenters. The maximum absolute atomic E-state index is 12.1. The van der Waals surface area contributed by atoms with E-state index in [4.69, 9.17) is 4.74 Å². The predicted octanol–water partition coefficient (Wildman–Crippen LogP) is 3.04. The van der Waals surface area contributed by atoms with E-state index in [2.05, 4.69) is 32.1 Å². The molecule has 0 saturated carbocycles. The SMILES string of the molecule is CC(=O)Nc1nc(O)c2cc(C#Cc3ccc(C(=O)OC(C)(C)C)cc3)cnc2n1. The molecule has 3 rings (SSSR count). The van der Waals surface area contributed by atoms with Gasteiger partial charge in [-0.2, -0.15) is 9.97 Å². The molecule has 2 N–H and O–H groups in total. The van der Waals surface area contributed by atoms with Gasteiger partial charge in [-0.1, -0.05) is 11.8 Å². The number of anilines is 1. The van der Waals surface area contributed by atoms with Crippen LogP contribution in [0.4, 0.5) is 5.95 Å². The number of carbonyl (C=O) groups is 2. The molecule has 8 heteroatoms. The van der Waals surface area contributed by atoms with Crippen LogP contribution in [0.25, 0.3) is 11.0 Å². The van der Waals surface area contributed by atoms with Crippen molar-refractivity contribution >= 4 is 28.9 Å². The second-order valence-electron chi connectivity index (χ2n) is 7.48. The number of aromatic hydroxyl groups is 1. The zero-order valence-corrected chi connectivity index (χ0v) is 17.0. The summed E-state index contributed by atoms with van der Waals surface area (Å²) in [5.41, 5.74) is 1.36. The van der Waals surface area contributed by atoms with Gasteiger partial charge in [0.25, 0.3) is 0 Å². The Morgan fingerprint density at radius 3 is 2.37 bits per heavy atom. The molecule has 0 bridgehead atoms. The molecule has 0 aliphatic rings. The average Bonchev–Trinajstić information content (AvgIpc) is 2.65. The van der Waals surface area contributed by atoms with Crippen LogP contribution in [0.5, 0.6) is 5.88 Å². The van der Waals surface area contributed by atoms with Gasteiger partial charge in [-0.05, 0) is 51.1 Å². The van der Waals surface area contributed by atoms with E-state index in [1.54, 1.807) is 30.3 Å². The number of carbonyl (C=O) groups excluding carboxylic acids is 2. The fourth-order valence-corrected chi connectivity index (χ4v) is 2.45. The highest BCUT2D eigenvalue weighted by Crippen LogP contribution is 2.22. The van der Waals surface area contributed by atoms with Gasteiger partial charge in [0, 0.05) is 24.2 Å². The molecule has 0 spiro atoms.